The van der Waals surface area contributed by atoms with E-state index in [2.05, 4.69) is 13.8 Å². The molecule has 0 N–H and O–H groups in total. The molecular formula is C20H32O7. The fourth-order valence-electron chi connectivity index (χ4n) is 3.49. The normalized spacial score (nSPS) is 37.7. The maximum atomic E-state index is 12.3. The molecule has 3 aliphatic rings. The number of ether oxygens (including phenoxy) is 6. The zero-order valence-corrected chi connectivity index (χ0v) is 17.1. The molecule has 0 spiro atoms. The molecule has 0 aromatic rings. The summed E-state index contributed by atoms with van der Waals surface area (Å²) in [7, 11) is 0. The van der Waals surface area contributed by atoms with E-state index in [1.807, 2.05) is 33.8 Å². The van der Waals surface area contributed by atoms with Crippen molar-refractivity contribution in [2.75, 3.05) is 13.2 Å². The molecule has 3 rings (SSSR count). The van der Waals surface area contributed by atoms with Crippen molar-refractivity contribution >= 4 is 5.97 Å². The Morgan fingerprint density at radius 1 is 1.19 bits per heavy atom. The number of hydrogen-bond acceptors (Lipinski definition) is 7. The summed E-state index contributed by atoms with van der Waals surface area (Å²) in [5.41, 5.74) is -0.464. The third-order valence-corrected chi connectivity index (χ3v) is 4.78. The Labute approximate surface area is 161 Å². The second-order valence-electron chi connectivity index (χ2n) is 8.92. The van der Waals surface area contributed by atoms with Gasteiger partial charge in [-0.25, -0.2) is 4.79 Å². The molecule has 154 valence electrons. The standard InChI is InChI=1S/C20H32O7/c1-12(2)8-7-9-14(21)24-16-15(13-10-23-20(5,6)26-13)25-18-17(16)22-11-19(3,4)27-18/h7,9,12-13,15-18H,8,10-11H2,1-6H3. The predicted octanol–water partition coefficient (Wildman–Crippen LogP) is 2.57. The summed E-state index contributed by atoms with van der Waals surface area (Å²) in [6.45, 7) is 12.5. The summed E-state index contributed by atoms with van der Waals surface area (Å²) in [6, 6.07) is 0. The van der Waals surface area contributed by atoms with Crippen LogP contribution >= 0.6 is 0 Å². The first-order valence-corrected chi connectivity index (χ1v) is 9.70. The average molecular weight is 384 g/mol. The van der Waals surface area contributed by atoms with Crippen molar-refractivity contribution in [3.8, 4) is 0 Å². The molecule has 0 saturated carbocycles. The number of rotatable bonds is 5. The second-order valence-corrected chi connectivity index (χ2v) is 8.92. The van der Waals surface area contributed by atoms with Crippen LogP contribution in [0.1, 0.15) is 48.0 Å². The van der Waals surface area contributed by atoms with E-state index in [1.54, 1.807) is 0 Å². The Balaban J connectivity index is 1.72. The number of allylic oxidation sites excluding steroid dienone is 1. The van der Waals surface area contributed by atoms with Crippen molar-refractivity contribution in [3.05, 3.63) is 12.2 Å². The van der Waals surface area contributed by atoms with Crippen molar-refractivity contribution in [3.63, 3.8) is 0 Å². The highest BCUT2D eigenvalue weighted by Gasteiger charge is 2.57. The van der Waals surface area contributed by atoms with Gasteiger partial charge in [-0.1, -0.05) is 19.9 Å². The minimum absolute atomic E-state index is 0.359. The van der Waals surface area contributed by atoms with Gasteiger partial charge in [0.15, 0.2) is 18.2 Å². The number of carbonyl (C=O) groups excluding carboxylic acids is 1. The topological polar surface area (TPSA) is 72.5 Å². The molecule has 0 aromatic heterocycles. The Kier molecular flexibility index (Phi) is 5.99. The maximum Gasteiger partial charge on any atom is 0.330 e. The highest BCUT2D eigenvalue weighted by atomic mass is 16.8. The van der Waals surface area contributed by atoms with Gasteiger partial charge in [-0.3, -0.25) is 0 Å². The molecular weight excluding hydrogens is 352 g/mol. The molecule has 5 atom stereocenters. The lowest BCUT2D eigenvalue weighted by Crippen LogP contribution is -2.51. The van der Waals surface area contributed by atoms with E-state index < -0.39 is 42.0 Å². The molecule has 3 saturated heterocycles. The third kappa shape index (κ3) is 5.09. The van der Waals surface area contributed by atoms with Crippen LogP contribution in [0.25, 0.3) is 0 Å². The van der Waals surface area contributed by atoms with Crippen LogP contribution in [0.15, 0.2) is 12.2 Å². The van der Waals surface area contributed by atoms with Crippen molar-refractivity contribution in [1.29, 1.82) is 0 Å². The van der Waals surface area contributed by atoms with E-state index in [0.29, 0.717) is 19.1 Å². The van der Waals surface area contributed by atoms with Gasteiger partial charge in [-0.15, -0.1) is 0 Å². The highest BCUT2D eigenvalue weighted by molar-refractivity contribution is 5.82. The summed E-state index contributed by atoms with van der Waals surface area (Å²) >= 11 is 0. The SMILES string of the molecule is CC(C)CC=CC(=O)OC1C(C2COC(C)(C)O2)OC2OC(C)(C)COC21. The molecule has 0 bridgehead atoms. The Morgan fingerprint density at radius 3 is 2.56 bits per heavy atom. The van der Waals surface area contributed by atoms with Crippen molar-refractivity contribution in [1.82, 2.24) is 0 Å². The number of carbonyl (C=O) groups is 1. The van der Waals surface area contributed by atoms with Gasteiger partial charge in [0.05, 0.1) is 18.8 Å². The van der Waals surface area contributed by atoms with Crippen molar-refractivity contribution < 1.29 is 33.2 Å². The van der Waals surface area contributed by atoms with E-state index in [0.717, 1.165) is 6.42 Å². The van der Waals surface area contributed by atoms with E-state index in [1.165, 1.54) is 6.08 Å². The molecule has 7 nitrogen and oxygen atoms in total. The quantitative estimate of drug-likeness (QED) is 0.533. The molecule has 3 aliphatic heterocycles. The number of hydrogen-bond donors (Lipinski definition) is 0. The summed E-state index contributed by atoms with van der Waals surface area (Å²) < 4.78 is 35.4. The molecule has 3 fully saturated rings. The van der Waals surface area contributed by atoms with Crippen molar-refractivity contribution in [2.45, 2.75) is 90.1 Å². The molecule has 0 aliphatic carbocycles. The minimum Gasteiger partial charge on any atom is -0.453 e. The fourth-order valence-corrected chi connectivity index (χ4v) is 3.49. The van der Waals surface area contributed by atoms with Crippen LogP contribution in [0, 0.1) is 5.92 Å². The lowest BCUT2D eigenvalue weighted by atomic mass is 10.0. The van der Waals surface area contributed by atoms with Gasteiger partial charge in [-0.2, -0.15) is 0 Å². The molecule has 27 heavy (non-hydrogen) atoms. The monoisotopic (exact) mass is 384 g/mol. The molecule has 0 aromatic carbocycles. The first-order chi connectivity index (χ1) is 12.6. The summed E-state index contributed by atoms with van der Waals surface area (Å²) in [4.78, 5) is 12.3. The van der Waals surface area contributed by atoms with E-state index in [4.69, 9.17) is 28.4 Å². The lowest BCUT2D eigenvalue weighted by Gasteiger charge is -2.37. The van der Waals surface area contributed by atoms with Gasteiger partial charge in [-0.05, 0) is 40.0 Å². The van der Waals surface area contributed by atoms with E-state index in [9.17, 15) is 4.79 Å². The predicted molar refractivity (Wildman–Crippen MR) is 96.9 cm³/mol. The molecule has 0 radical (unpaired) electrons. The van der Waals surface area contributed by atoms with Crippen LogP contribution in [-0.4, -0.2) is 61.3 Å². The van der Waals surface area contributed by atoms with Gasteiger partial charge in [0.2, 0.25) is 0 Å². The zero-order chi connectivity index (χ0) is 19.8. The van der Waals surface area contributed by atoms with Gasteiger partial charge in [0.1, 0.15) is 18.3 Å². The Morgan fingerprint density at radius 2 is 1.93 bits per heavy atom. The first kappa shape index (κ1) is 20.7. The number of esters is 1. The Hall–Kier alpha value is -0.990. The van der Waals surface area contributed by atoms with Crippen LogP contribution < -0.4 is 0 Å². The number of fused-ring (bicyclic) bond motifs is 1. The van der Waals surface area contributed by atoms with Crippen molar-refractivity contribution in [2.24, 2.45) is 5.92 Å². The summed E-state index contributed by atoms with van der Waals surface area (Å²) in [5, 5.41) is 0. The minimum atomic E-state index is -0.700. The average Bonchev–Trinajstić information content (AvgIpc) is 3.05. The summed E-state index contributed by atoms with van der Waals surface area (Å²) in [5.74, 6) is -0.639. The third-order valence-electron chi connectivity index (χ3n) is 4.78. The summed E-state index contributed by atoms with van der Waals surface area (Å²) in [6.07, 6.45) is 1.51. The Bertz CT molecular complexity index is 569. The second kappa shape index (κ2) is 7.79. The zero-order valence-electron chi connectivity index (χ0n) is 17.1. The van der Waals surface area contributed by atoms with Crippen LogP contribution in [-0.2, 0) is 33.2 Å². The highest BCUT2D eigenvalue weighted by Crippen LogP contribution is 2.39. The molecule has 3 heterocycles. The molecule has 7 heteroatoms. The van der Waals surface area contributed by atoms with Crippen LogP contribution in [0.3, 0.4) is 0 Å². The lowest BCUT2D eigenvalue weighted by molar-refractivity contribution is -0.284. The fraction of sp³-hybridized carbons (Fsp3) is 0.850. The maximum absolute atomic E-state index is 12.3. The van der Waals surface area contributed by atoms with Gasteiger partial charge in [0, 0.05) is 6.08 Å². The van der Waals surface area contributed by atoms with Gasteiger partial charge >= 0.3 is 5.97 Å². The van der Waals surface area contributed by atoms with E-state index >= 15 is 0 Å². The van der Waals surface area contributed by atoms with E-state index in [-0.39, 0.29) is 6.10 Å². The largest absolute Gasteiger partial charge is 0.453 e. The molecule has 0 amide bonds. The van der Waals surface area contributed by atoms with Crippen LogP contribution in [0.2, 0.25) is 0 Å². The molecule has 5 unspecified atom stereocenters. The van der Waals surface area contributed by atoms with Gasteiger partial charge in [0.25, 0.3) is 0 Å². The smallest absolute Gasteiger partial charge is 0.330 e. The first-order valence-electron chi connectivity index (χ1n) is 9.70. The van der Waals surface area contributed by atoms with Crippen LogP contribution in [0.5, 0.6) is 0 Å². The van der Waals surface area contributed by atoms with Crippen LogP contribution in [0.4, 0.5) is 0 Å². The van der Waals surface area contributed by atoms with Gasteiger partial charge < -0.3 is 28.4 Å².